The Balaban J connectivity index is 1.80. The number of nitrogens with zero attached hydrogens (tertiary/aromatic N) is 3. The molecule has 1 aromatic heterocycles. The van der Waals surface area contributed by atoms with Crippen LogP contribution in [0.1, 0.15) is 18.4 Å². The van der Waals surface area contributed by atoms with E-state index in [9.17, 15) is 0 Å². The summed E-state index contributed by atoms with van der Waals surface area (Å²) in [5.41, 5.74) is 9.27. The number of hydrogen-bond donors (Lipinski definition) is 1. The molecule has 0 bridgehead atoms. The predicted molar refractivity (Wildman–Crippen MR) is 81.6 cm³/mol. The molecule has 0 radical (unpaired) electrons. The van der Waals surface area contributed by atoms with Gasteiger partial charge in [0.05, 0.1) is 5.69 Å². The summed E-state index contributed by atoms with van der Waals surface area (Å²) in [6.07, 6.45) is 2.23. The number of anilines is 1. The van der Waals surface area contributed by atoms with Crippen LogP contribution in [0.5, 0.6) is 0 Å². The minimum absolute atomic E-state index is 0.252. The zero-order valence-electron chi connectivity index (χ0n) is 11.8. The number of aryl methyl sites for hydroxylation is 1. The highest BCUT2D eigenvalue weighted by molar-refractivity contribution is 5.60. The molecule has 0 amide bonds. The first-order chi connectivity index (χ1) is 9.72. The van der Waals surface area contributed by atoms with Crippen LogP contribution in [-0.4, -0.2) is 29.3 Å². The second-order valence-electron chi connectivity index (χ2n) is 5.49. The Kier molecular flexibility index (Phi) is 3.65. The third-order valence-corrected chi connectivity index (χ3v) is 3.75. The van der Waals surface area contributed by atoms with Gasteiger partial charge >= 0.3 is 0 Å². The van der Waals surface area contributed by atoms with Crippen molar-refractivity contribution in [3.63, 3.8) is 0 Å². The molecule has 1 aliphatic rings. The summed E-state index contributed by atoms with van der Waals surface area (Å²) < 4.78 is 0. The van der Waals surface area contributed by atoms with Gasteiger partial charge in [-0.1, -0.05) is 23.8 Å². The summed E-state index contributed by atoms with van der Waals surface area (Å²) in [5.74, 6) is 0.927. The molecule has 2 heterocycles. The molecule has 2 N–H and O–H groups in total. The summed E-state index contributed by atoms with van der Waals surface area (Å²) in [5, 5.41) is 8.72. The van der Waals surface area contributed by atoms with E-state index in [4.69, 9.17) is 5.73 Å². The zero-order valence-corrected chi connectivity index (χ0v) is 11.8. The average Bonchev–Trinajstić information content (AvgIpc) is 2.47. The van der Waals surface area contributed by atoms with Crippen LogP contribution in [-0.2, 0) is 0 Å². The lowest BCUT2D eigenvalue weighted by Gasteiger charge is -2.31. The minimum Gasteiger partial charge on any atom is -0.354 e. The molecule has 0 spiro atoms. The molecule has 20 heavy (non-hydrogen) atoms. The molecule has 2 aromatic rings. The molecule has 0 aliphatic carbocycles. The van der Waals surface area contributed by atoms with Crippen molar-refractivity contribution >= 4 is 5.82 Å². The fourth-order valence-electron chi connectivity index (χ4n) is 2.67. The van der Waals surface area contributed by atoms with Gasteiger partial charge in [0.1, 0.15) is 0 Å². The maximum absolute atomic E-state index is 6.01. The van der Waals surface area contributed by atoms with Crippen molar-refractivity contribution in [2.75, 3.05) is 18.0 Å². The highest BCUT2D eigenvalue weighted by Crippen LogP contribution is 2.21. The first kappa shape index (κ1) is 13.1. The lowest BCUT2D eigenvalue weighted by molar-refractivity contribution is 0.502. The summed E-state index contributed by atoms with van der Waals surface area (Å²) in [6.45, 7) is 3.98. The van der Waals surface area contributed by atoms with Crippen molar-refractivity contribution in [2.45, 2.75) is 25.8 Å². The number of hydrogen-bond acceptors (Lipinski definition) is 4. The van der Waals surface area contributed by atoms with E-state index in [2.05, 4.69) is 40.2 Å². The van der Waals surface area contributed by atoms with Gasteiger partial charge < -0.3 is 10.6 Å². The van der Waals surface area contributed by atoms with Crippen molar-refractivity contribution in [3.8, 4) is 11.3 Å². The van der Waals surface area contributed by atoms with Crippen molar-refractivity contribution in [2.24, 2.45) is 5.73 Å². The quantitative estimate of drug-likeness (QED) is 0.908. The van der Waals surface area contributed by atoms with Crippen LogP contribution >= 0.6 is 0 Å². The van der Waals surface area contributed by atoms with Crippen molar-refractivity contribution < 1.29 is 0 Å². The van der Waals surface area contributed by atoms with E-state index in [-0.39, 0.29) is 6.04 Å². The van der Waals surface area contributed by atoms with Crippen molar-refractivity contribution in [1.82, 2.24) is 10.2 Å². The van der Waals surface area contributed by atoms with Gasteiger partial charge in [0.15, 0.2) is 5.82 Å². The van der Waals surface area contributed by atoms with Crippen molar-refractivity contribution in [3.05, 3.63) is 42.0 Å². The molecule has 4 nitrogen and oxygen atoms in total. The smallest absolute Gasteiger partial charge is 0.151 e. The Morgan fingerprint density at radius 1 is 1.20 bits per heavy atom. The first-order valence-corrected chi connectivity index (χ1v) is 7.14. The molecule has 3 rings (SSSR count). The fraction of sp³-hybridized carbons (Fsp3) is 0.375. The number of piperidine rings is 1. The van der Waals surface area contributed by atoms with Crippen LogP contribution in [0.4, 0.5) is 5.82 Å². The van der Waals surface area contributed by atoms with Gasteiger partial charge in [0.2, 0.25) is 0 Å². The van der Waals surface area contributed by atoms with Gasteiger partial charge in [-0.3, -0.25) is 0 Å². The van der Waals surface area contributed by atoms with Crippen molar-refractivity contribution in [1.29, 1.82) is 0 Å². The van der Waals surface area contributed by atoms with Gasteiger partial charge in [-0.15, -0.1) is 10.2 Å². The lowest BCUT2D eigenvalue weighted by Crippen LogP contribution is -2.43. The molecule has 0 saturated carbocycles. The van der Waals surface area contributed by atoms with Crippen LogP contribution < -0.4 is 10.6 Å². The largest absolute Gasteiger partial charge is 0.354 e. The van der Waals surface area contributed by atoms with E-state index < -0.39 is 0 Å². The SMILES string of the molecule is Cc1cccc(-c2ccc(N3CCCC(N)C3)nn2)c1. The molecular formula is C16H20N4. The highest BCUT2D eigenvalue weighted by Gasteiger charge is 2.18. The predicted octanol–water partition coefficient (Wildman–Crippen LogP) is 2.38. The molecular weight excluding hydrogens is 248 g/mol. The Bertz CT molecular complexity index is 579. The minimum atomic E-state index is 0.252. The first-order valence-electron chi connectivity index (χ1n) is 7.14. The van der Waals surface area contributed by atoms with E-state index in [1.165, 1.54) is 5.56 Å². The van der Waals surface area contributed by atoms with Crippen LogP contribution in [0.3, 0.4) is 0 Å². The summed E-state index contributed by atoms with van der Waals surface area (Å²) in [7, 11) is 0. The van der Waals surface area contributed by atoms with E-state index in [1.54, 1.807) is 0 Å². The molecule has 104 valence electrons. The number of rotatable bonds is 2. The zero-order chi connectivity index (χ0) is 13.9. The highest BCUT2D eigenvalue weighted by atomic mass is 15.3. The number of nitrogens with two attached hydrogens (primary N) is 1. The lowest BCUT2D eigenvalue weighted by atomic mass is 10.1. The van der Waals surface area contributed by atoms with E-state index in [1.807, 2.05) is 18.2 Å². The molecule has 1 aliphatic heterocycles. The molecule has 4 heteroatoms. The molecule has 1 fully saturated rings. The maximum Gasteiger partial charge on any atom is 0.151 e. The monoisotopic (exact) mass is 268 g/mol. The summed E-state index contributed by atoms with van der Waals surface area (Å²) in [6, 6.07) is 12.7. The maximum atomic E-state index is 6.01. The second-order valence-corrected chi connectivity index (χ2v) is 5.49. The molecule has 1 unspecified atom stereocenters. The van der Waals surface area contributed by atoms with Gasteiger partial charge in [-0.2, -0.15) is 0 Å². The van der Waals surface area contributed by atoms with Crippen LogP contribution in [0, 0.1) is 6.92 Å². The van der Waals surface area contributed by atoms with E-state index in [0.29, 0.717) is 0 Å². The third kappa shape index (κ3) is 2.80. The normalized spacial score (nSPS) is 19.1. The Hall–Kier alpha value is -1.94. The van der Waals surface area contributed by atoms with Gasteiger partial charge in [-0.25, -0.2) is 0 Å². The Morgan fingerprint density at radius 3 is 2.80 bits per heavy atom. The second kappa shape index (κ2) is 5.59. The van der Waals surface area contributed by atoms with Gasteiger partial charge in [0, 0.05) is 24.7 Å². The van der Waals surface area contributed by atoms with Gasteiger partial charge in [-0.05, 0) is 38.0 Å². The van der Waals surface area contributed by atoms with Gasteiger partial charge in [0.25, 0.3) is 0 Å². The van der Waals surface area contributed by atoms with Crippen LogP contribution in [0.2, 0.25) is 0 Å². The third-order valence-electron chi connectivity index (χ3n) is 3.75. The Labute approximate surface area is 119 Å². The Morgan fingerprint density at radius 2 is 2.10 bits per heavy atom. The number of benzene rings is 1. The van der Waals surface area contributed by atoms with E-state index in [0.717, 1.165) is 43.0 Å². The number of aromatic nitrogens is 2. The molecule has 1 aromatic carbocycles. The molecule has 1 saturated heterocycles. The summed E-state index contributed by atoms with van der Waals surface area (Å²) >= 11 is 0. The average molecular weight is 268 g/mol. The van der Waals surface area contributed by atoms with E-state index >= 15 is 0 Å². The fourth-order valence-corrected chi connectivity index (χ4v) is 2.67. The topological polar surface area (TPSA) is 55.0 Å². The van der Waals surface area contributed by atoms with Crippen LogP contribution in [0.15, 0.2) is 36.4 Å². The molecule has 1 atom stereocenters. The summed E-state index contributed by atoms with van der Waals surface area (Å²) in [4.78, 5) is 2.22. The van der Waals surface area contributed by atoms with Crippen LogP contribution in [0.25, 0.3) is 11.3 Å². The standard InChI is InChI=1S/C16H20N4/c1-12-4-2-5-13(10-12)15-7-8-16(19-18-15)20-9-3-6-14(17)11-20/h2,4-5,7-8,10,14H,3,6,9,11,17H2,1H3.